The number of rotatable bonds is 2. The zero-order valence-electron chi connectivity index (χ0n) is 10.3. The Labute approximate surface area is 120 Å². The van der Waals surface area contributed by atoms with Crippen LogP contribution in [0, 0.1) is 5.21 Å². The van der Waals surface area contributed by atoms with E-state index < -0.39 is 0 Å². The van der Waals surface area contributed by atoms with E-state index in [1.807, 2.05) is 42.5 Å². The SMILES string of the molecule is [O-]N(O)c1c(-c2ccc3ccccc3c2)ccnc1Cl. The highest BCUT2D eigenvalue weighted by atomic mass is 35.5. The summed E-state index contributed by atoms with van der Waals surface area (Å²) in [5, 5.41) is 22.3. The molecule has 0 aliphatic heterocycles. The first-order chi connectivity index (χ1) is 9.66. The molecule has 0 radical (unpaired) electrons. The van der Waals surface area contributed by atoms with Crippen LogP contribution in [0.5, 0.6) is 0 Å². The van der Waals surface area contributed by atoms with Crippen molar-refractivity contribution in [1.82, 2.24) is 4.98 Å². The highest BCUT2D eigenvalue weighted by Gasteiger charge is 2.11. The van der Waals surface area contributed by atoms with Gasteiger partial charge in [0.05, 0.1) is 5.69 Å². The van der Waals surface area contributed by atoms with E-state index in [1.54, 1.807) is 6.07 Å². The van der Waals surface area contributed by atoms with Crippen LogP contribution >= 0.6 is 11.6 Å². The molecule has 0 aliphatic rings. The first-order valence-electron chi connectivity index (χ1n) is 5.96. The lowest BCUT2D eigenvalue weighted by atomic mass is 10.0. The fourth-order valence-corrected chi connectivity index (χ4v) is 2.43. The Balaban J connectivity index is 2.23. The number of fused-ring (bicyclic) bond motifs is 1. The van der Waals surface area contributed by atoms with Gasteiger partial charge in [0.1, 0.15) is 0 Å². The van der Waals surface area contributed by atoms with Crippen molar-refractivity contribution in [2.75, 3.05) is 5.23 Å². The Bertz CT molecular complexity index is 775. The molecule has 0 atom stereocenters. The number of hydrogen-bond acceptors (Lipinski definition) is 4. The van der Waals surface area contributed by atoms with E-state index in [4.69, 9.17) is 11.6 Å². The van der Waals surface area contributed by atoms with Crippen molar-refractivity contribution in [3.05, 3.63) is 65.1 Å². The number of nitrogens with zero attached hydrogens (tertiary/aromatic N) is 2. The van der Waals surface area contributed by atoms with Gasteiger partial charge in [0.25, 0.3) is 0 Å². The van der Waals surface area contributed by atoms with E-state index in [0.29, 0.717) is 5.56 Å². The van der Waals surface area contributed by atoms with Crippen LogP contribution < -0.4 is 5.23 Å². The van der Waals surface area contributed by atoms with Crippen molar-refractivity contribution in [3.63, 3.8) is 0 Å². The van der Waals surface area contributed by atoms with Gasteiger partial charge in [-0.2, -0.15) is 0 Å². The summed E-state index contributed by atoms with van der Waals surface area (Å²) in [5.41, 5.74) is 1.27. The standard InChI is InChI=1S/C15H10ClN2O2/c16-15-14(18(19)20)13(7-8-17-15)12-6-5-10-3-1-2-4-11(10)9-12/h1-9,19H/q-1. The molecule has 1 N–H and O–H groups in total. The number of benzene rings is 2. The van der Waals surface area contributed by atoms with Gasteiger partial charge in [-0.05, 0) is 28.5 Å². The van der Waals surface area contributed by atoms with Crippen LogP contribution in [-0.4, -0.2) is 10.2 Å². The average molecular weight is 286 g/mol. The number of anilines is 1. The van der Waals surface area contributed by atoms with Gasteiger partial charge in [0, 0.05) is 11.8 Å². The Kier molecular flexibility index (Phi) is 3.28. The maximum atomic E-state index is 11.3. The summed E-state index contributed by atoms with van der Waals surface area (Å²) in [6.45, 7) is 0. The average Bonchev–Trinajstić information content (AvgIpc) is 2.46. The molecular weight excluding hydrogens is 276 g/mol. The van der Waals surface area contributed by atoms with Gasteiger partial charge in [-0.3, -0.25) is 5.21 Å². The molecule has 0 unspecified atom stereocenters. The van der Waals surface area contributed by atoms with Crippen molar-refractivity contribution in [1.29, 1.82) is 0 Å². The highest BCUT2D eigenvalue weighted by molar-refractivity contribution is 6.32. The molecule has 1 heterocycles. The minimum atomic E-state index is -0.250. The van der Waals surface area contributed by atoms with Crippen LogP contribution in [-0.2, 0) is 0 Å². The smallest absolute Gasteiger partial charge is 0.154 e. The van der Waals surface area contributed by atoms with E-state index in [9.17, 15) is 10.4 Å². The van der Waals surface area contributed by atoms with Crippen LogP contribution in [0.3, 0.4) is 0 Å². The lowest BCUT2D eigenvalue weighted by molar-refractivity contribution is 0.296. The molecule has 20 heavy (non-hydrogen) atoms. The van der Waals surface area contributed by atoms with Crippen molar-refractivity contribution in [3.8, 4) is 11.1 Å². The van der Waals surface area contributed by atoms with Crippen LogP contribution in [0.15, 0.2) is 54.7 Å². The largest absolute Gasteiger partial charge is 0.733 e. The van der Waals surface area contributed by atoms with Gasteiger partial charge in [0.15, 0.2) is 5.15 Å². The Morgan fingerprint density at radius 1 is 1.05 bits per heavy atom. The molecular formula is C15H10ClN2O2-. The van der Waals surface area contributed by atoms with E-state index >= 15 is 0 Å². The van der Waals surface area contributed by atoms with E-state index in [0.717, 1.165) is 16.3 Å². The Morgan fingerprint density at radius 2 is 1.80 bits per heavy atom. The monoisotopic (exact) mass is 285 g/mol. The first kappa shape index (κ1) is 12.9. The maximum absolute atomic E-state index is 11.3. The molecule has 0 saturated heterocycles. The van der Waals surface area contributed by atoms with Crippen molar-refractivity contribution in [2.45, 2.75) is 0 Å². The normalized spacial score (nSPS) is 10.8. The van der Waals surface area contributed by atoms with Crippen LogP contribution in [0.2, 0.25) is 5.15 Å². The zero-order valence-corrected chi connectivity index (χ0v) is 11.1. The molecule has 0 amide bonds. The van der Waals surface area contributed by atoms with Gasteiger partial charge in [-0.25, -0.2) is 4.98 Å². The number of pyridine rings is 1. The molecule has 0 aliphatic carbocycles. The summed E-state index contributed by atoms with van der Waals surface area (Å²) < 4.78 is 0. The lowest BCUT2D eigenvalue weighted by Gasteiger charge is -2.25. The van der Waals surface area contributed by atoms with E-state index in [-0.39, 0.29) is 16.1 Å². The zero-order chi connectivity index (χ0) is 14.1. The molecule has 100 valence electrons. The lowest BCUT2D eigenvalue weighted by Crippen LogP contribution is -2.09. The quantitative estimate of drug-likeness (QED) is 0.565. The van der Waals surface area contributed by atoms with Gasteiger partial charge in [-0.1, -0.05) is 48.0 Å². The van der Waals surface area contributed by atoms with Crippen LogP contribution in [0.1, 0.15) is 0 Å². The molecule has 5 heteroatoms. The molecule has 0 fully saturated rings. The van der Waals surface area contributed by atoms with Crippen LogP contribution in [0.4, 0.5) is 5.69 Å². The van der Waals surface area contributed by atoms with E-state index in [1.165, 1.54) is 6.20 Å². The van der Waals surface area contributed by atoms with Crippen molar-refractivity contribution < 1.29 is 5.21 Å². The Morgan fingerprint density at radius 3 is 2.55 bits per heavy atom. The summed E-state index contributed by atoms with van der Waals surface area (Å²) in [6.07, 6.45) is 1.50. The minimum Gasteiger partial charge on any atom is -0.733 e. The maximum Gasteiger partial charge on any atom is 0.154 e. The predicted octanol–water partition coefficient (Wildman–Crippen LogP) is 4.25. The second-order valence-corrected chi connectivity index (χ2v) is 4.69. The number of hydrogen-bond donors (Lipinski definition) is 1. The minimum absolute atomic E-state index is 0.0341. The first-order valence-corrected chi connectivity index (χ1v) is 6.34. The molecule has 0 saturated carbocycles. The number of aromatic nitrogens is 1. The summed E-state index contributed by atoms with van der Waals surface area (Å²) in [5.74, 6) is 0. The van der Waals surface area contributed by atoms with Crippen molar-refractivity contribution in [2.24, 2.45) is 0 Å². The van der Waals surface area contributed by atoms with Gasteiger partial charge in [0.2, 0.25) is 0 Å². The van der Waals surface area contributed by atoms with Gasteiger partial charge in [-0.15, -0.1) is 0 Å². The summed E-state index contributed by atoms with van der Waals surface area (Å²) >= 11 is 5.88. The molecule has 3 aromatic rings. The molecule has 1 aromatic heterocycles. The molecule has 0 spiro atoms. The van der Waals surface area contributed by atoms with E-state index in [2.05, 4.69) is 4.98 Å². The second kappa shape index (κ2) is 5.09. The Hall–Kier alpha value is -2.14. The molecule has 4 nitrogen and oxygen atoms in total. The molecule has 2 aromatic carbocycles. The molecule has 3 rings (SSSR count). The van der Waals surface area contributed by atoms with Gasteiger partial charge >= 0.3 is 0 Å². The summed E-state index contributed by atoms with van der Waals surface area (Å²) in [6, 6.07) is 15.3. The molecule has 0 bridgehead atoms. The van der Waals surface area contributed by atoms with Crippen molar-refractivity contribution >= 4 is 28.1 Å². The second-order valence-electron chi connectivity index (χ2n) is 4.33. The number of halogens is 1. The highest BCUT2D eigenvalue weighted by Crippen LogP contribution is 2.35. The third-order valence-corrected chi connectivity index (χ3v) is 3.41. The fourth-order valence-electron chi connectivity index (χ4n) is 2.20. The topological polar surface area (TPSA) is 59.4 Å². The summed E-state index contributed by atoms with van der Waals surface area (Å²) in [4.78, 5) is 3.81. The van der Waals surface area contributed by atoms with Gasteiger partial charge < -0.3 is 10.4 Å². The third kappa shape index (κ3) is 2.20. The fraction of sp³-hybridized carbons (Fsp3) is 0. The predicted molar refractivity (Wildman–Crippen MR) is 79.8 cm³/mol. The van der Waals surface area contributed by atoms with Crippen LogP contribution in [0.25, 0.3) is 21.9 Å². The summed E-state index contributed by atoms with van der Waals surface area (Å²) in [7, 11) is 0. The third-order valence-electron chi connectivity index (χ3n) is 3.13.